The van der Waals surface area contributed by atoms with Crippen LogP contribution in [0.25, 0.3) is 0 Å². The van der Waals surface area contributed by atoms with Gasteiger partial charge in [-0.15, -0.1) is 0 Å². The van der Waals surface area contributed by atoms with Crippen molar-refractivity contribution in [2.75, 3.05) is 0 Å². The molecule has 4 nitrogen and oxygen atoms in total. The molecule has 0 aliphatic heterocycles. The fraction of sp³-hybridized carbons (Fsp3) is 0.923. The molecule has 4 aliphatic rings. The molecule has 0 aromatic carbocycles. The summed E-state index contributed by atoms with van der Waals surface area (Å²) in [5.74, 6) is 2.31. The van der Waals surface area contributed by atoms with E-state index in [1.165, 1.54) is 6.42 Å². The zero-order chi connectivity index (χ0) is 21.8. The molecule has 0 radical (unpaired) electrons. The normalized spacial score (nSPS) is 49.1. The molecule has 4 rings (SSSR count). The van der Waals surface area contributed by atoms with Crippen molar-refractivity contribution in [2.24, 2.45) is 52.3 Å². The first-order valence-electron chi connectivity index (χ1n) is 12.6. The monoisotopic (exact) mass is 418 g/mol. The van der Waals surface area contributed by atoms with Gasteiger partial charge < -0.3 is 10.2 Å². The van der Waals surface area contributed by atoms with E-state index >= 15 is 0 Å². The Labute approximate surface area is 182 Å². The Balaban J connectivity index is 1.62. The van der Waals surface area contributed by atoms with Crippen molar-refractivity contribution in [1.82, 2.24) is 0 Å². The van der Waals surface area contributed by atoms with Crippen LogP contribution < -0.4 is 0 Å². The molecule has 4 aliphatic carbocycles. The van der Waals surface area contributed by atoms with E-state index in [0.29, 0.717) is 35.4 Å². The smallest absolute Gasteiger partial charge is 0.303 e. The van der Waals surface area contributed by atoms with Crippen LogP contribution in [0, 0.1) is 52.3 Å². The number of fused-ring (bicyclic) bond motifs is 5. The van der Waals surface area contributed by atoms with Gasteiger partial charge in [0.2, 0.25) is 0 Å². The predicted octanol–water partition coefficient (Wildman–Crippen LogP) is 5.32. The molecule has 2 N–H and O–H groups in total. The van der Waals surface area contributed by atoms with Crippen LogP contribution in [0.3, 0.4) is 0 Å². The number of hydrogen-bond donors (Lipinski definition) is 2. The Bertz CT molecular complexity index is 689. The molecule has 0 amide bonds. The Morgan fingerprint density at radius 3 is 2.40 bits per heavy atom. The summed E-state index contributed by atoms with van der Waals surface area (Å²) in [5.41, 5.74) is 0.358. The second-order valence-corrected chi connectivity index (χ2v) is 11.8. The van der Waals surface area contributed by atoms with Gasteiger partial charge in [-0.05, 0) is 98.2 Å². The quantitative estimate of drug-likeness (QED) is 0.633. The zero-order valence-corrected chi connectivity index (χ0v) is 19.4. The molecule has 0 aromatic heterocycles. The lowest BCUT2D eigenvalue weighted by atomic mass is 9.42. The van der Waals surface area contributed by atoms with E-state index in [-0.39, 0.29) is 35.2 Å². The second kappa shape index (κ2) is 7.90. The summed E-state index contributed by atoms with van der Waals surface area (Å²) in [4.78, 5) is 25.0. The topological polar surface area (TPSA) is 74.6 Å². The predicted molar refractivity (Wildman–Crippen MR) is 117 cm³/mol. The number of ketones is 1. The molecule has 0 bridgehead atoms. The third-order valence-electron chi connectivity index (χ3n) is 10.7. The molecular weight excluding hydrogens is 376 g/mol. The summed E-state index contributed by atoms with van der Waals surface area (Å²) in [6.07, 6.45) is 9.01. The molecule has 10 atom stereocenters. The van der Waals surface area contributed by atoms with Crippen LogP contribution in [0.4, 0.5) is 0 Å². The summed E-state index contributed by atoms with van der Waals surface area (Å²) in [7, 11) is 0. The van der Waals surface area contributed by atoms with E-state index in [1.807, 2.05) is 0 Å². The van der Waals surface area contributed by atoms with Gasteiger partial charge in [-0.25, -0.2) is 0 Å². The van der Waals surface area contributed by atoms with Crippen molar-refractivity contribution in [3.8, 4) is 0 Å². The molecular formula is C26H42O4. The van der Waals surface area contributed by atoms with Gasteiger partial charge in [0, 0.05) is 18.3 Å². The van der Waals surface area contributed by atoms with Gasteiger partial charge in [0.25, 0.3) is 0 Å². The number of carboxylic acids is 1. The van der Waals surface area contributed by atoms with Crippen LogP contribution in [-0.2, 0) is 9.59 Å². The Hall–Kier alpha value is -0.900. The van der Waals surface area contributed by atoms with Crippen LogP contribution in [0.15, 0.2) is 0 Å². The van der Waals surface area contributed by atoms with Crippen LogP contribution in [0.5, 0.6) is 0 Å². The highest BCUT2D eigenvalue weighted by atomic mass is 16.4. The average Bonchev–Trinajstić information content (AvgIpc) is 3.05. The SMILES string of the molecule is CC[C@H]1C(=O)[C@H]2C3CC[C@H]([C@H](C)CCC(=O)O)[C@@]3(C)CCC2[C@@]2(C)CC[C@@H](O)C[C@@H]12. The number of carboxylic acid groups (broad SMARTS) is 1. The molecule has 0 saturated heterocycles. The van der Waals surface area contributed by atoms with Gasteiger partial charge in [-0.3, -0.25) is 9.59 Å². The van der Waals surface area contributed by atoms with Gasteiger partial charge >= 0.3 is 5.97 Å². The highest BCUT2D eigenvalue weighted by Crippen LogP contribution is 2.68. The number of aliphatic carboxylic acids is 1. The lowest BCUT2D eigenvalue weighted by Crippen LogP contribution is -2.60. The van der Waals surface area contributed by atoms with Gasteiger partial charge in [0.05, 0.1) is 6.10 Å². The van der Waals surface area contributed by atoms with Crippen molar-refractivity contribution < 1.29 is 19.8 Å². The number of aliphatic hydroxyl groups excluding tert-OH is 1. The van der Waals surface area contributed by atoms with Crippen molar-refractivity contribution in [3.63, 3.8) is 0 Å². The first-order valence-corrected chi connectivity index (χ1v) is 12.6. The van der Waals surface area contributed by atoms with E-state index in [2.05, 4.69) is 27.7 Å². The van der Waals surface area contributed by atoms with E-state index in [0.717, 1.165) is 51.4 Å². The minimum Gasteiger partial charge on any atom is -0.481 e. The molecule has 4 heteroatoms. The molecule has 170 valence electrons. The third kappa shape index (κ3) is 3.27. The van der Waals surface area contributed by atoms with Crippen molar-refractivity contribution >= 4 is 11.8 Å². The summed E-state index contributed by atoms with van der Waals surface area (Å²) < 4.78 is 0. The van der Waals surface area contributed by atoms with Crippen LogP contribution >= 0.6 is 0 Å². The number of aliphatic hydroxyl groups is 1. The highest BCUT2D eigenvalue weighted by Gasteiger charge is 2.65. The lowest BCUT2D eigenvalue weighted by Gasteiger charge is -2.62. The molecule has 4 saturated carbocycles. The van der Waals surface area contributed by atoms with E-state index in [4.69, 9.17) is 5.11 Å². The van der Waals surface area contributed by atoms with Crippen LogP contribution in [0.1, 0.15) is 91.9 Å². The van der Waals surface area contributed by atoms with Crippen LogP contribution in [0.2, 0.25) is 0 Å². The average molecular weight is 419 g/mol. The maximum atomic E-state index is 13.9. The fourth-order valence-corrected chi connectivity index (χ4v) is 9.16. The minimum atomic E-state index is -0.697. The van der Waals surface area contributed by atoms with Gasteiger partial charge in [-0.2, -0.15) is 0 Å². The maximum absolute atomic E-state index is 13.9. The molecule has 0 aromatic rings. The highest BCUT2D eigenvalue weighted by molar-refractivity contribution is 5.86. The first kappa shape index (κ1) is 22.3. The number of rotatable bonds is 5. The van der Waals surface area contributed by atoms with Gasteiger partial charge in [0.15, 0.2) is 0 Å². The van der Waals surface area contributed by atoms with Gasteiger partial charge in [-0.1, -0.05) is 27.7 Å². The van der Waals surface area contributed by atoms with E-state index in [1.54, 1.807) is 0 Å². The summed E-state index contributed by atoms with van der Waals surface area (Å²) >= 11 is 0. The number of hydrogen-bond acceptors (Lipinski definition) is 3. The van der Waals surface area contributed by atoms with E-state index < -0.39 is 5.97 Å². The number of carbonyl (C=O) groups is 2. The van der Waals surface area contributed by atoms with Crippen molar-refractivity contribution in [3.05, 3.63) is 0 Å². The number of carbonyl (C=O) groups excluding carboxylic acids is 1. The van der Waals surface area contributed by atoms with Gasteiger partial charge in [0.1, 0.15) is 5.78 Å². The lowest BCUT2D eigenvalue weighted by molar-refractivity contribution is -0.173. The fourth-order valence-electron chi connectivity index (χ4n) is 9.16. The summed E-state index contributed by atoms with van der Waals surface area (Å²) in [6.45, 7) is 9.28. The molecule has 0 spiro atoms. The zero-order valence-electron chi connectivity index (χ0n) is 19.4. The molecule has 0 heterocycles. The van der Waals surface area contributed by atoms with Crippen LogP contribution in [-0.4, -0.2) is 28.1 Å². The Morgan fingerprint density at radius 2 is 1.73 bits per heavy atom. The minimum absolute atomic E-state index is 0.108. The van der Waals surface area contributed by atoms with Crippen molar-refractivity contribution in [1.29, 1.82) is 0 Å². The Morgan fingerprint density at radius 1 is 1.07 bits per heavy atom. The molecule has 4 fully saturated rings. The summed E-state index contributed by atoms with van der Waals surface area (Å²) in [5, 5.41) is 19.5. The third-order valence-corrected chi connectivity index (χ3v) is 10.7. The largest absolute Gasteiger partial charge is 0.481 e. The molecule has 30 heavy (non-hydrogen) atoms. The van der Waals surface area contributed by atoms with Crippen molar-refractivity contribution in [2.45, 2.75) is 98.0 Å². The maximum Gasteiger partial charge on any atom is 0.303 e. The number of Topliss-reactive ketones (excluding diaryl/α,β-unsaturated/α-hetero) is 1. The summed E-state index contributed by atoms with van der Waals surface area (Å²) in [6, 6.07) is 0. The first-order chi connectivity index (χ1) is 14.1. The van der Waals surface area contributed by atoms with E-state index in [9.17, 15) is 14.7 Å². The standard InChI is InChI=1S/C26H42O4/c1-5-17-21-14-16(27)10-12-26(21,4)20-11-13-25(3)18(15(2)6-9-22(28)29)7-8-19(25)23(20)24(17)30/h15-21,23,27H,5-14H2,1-4H3,(H,28,29)/t15-,16-,17-,18-,19?,20?,21+,23+,25-,26-/m1/s1. The second-order valence-electron chi connectivity index (χ2n) is 11.8. The Kier molecular flexibility index (Phi) is 5.87. The molecule has 2 unspecified atom stereocenters.